The molecule has 0 atom stereocenters. The molecule has 106 valence electrons. The first-order valence-corrected chi connectivity index (χ1v) is 6.88. The molecule has 20 heavy (non-hydrogen) atoms. The Balaban J connectivity index is 0.00000200. The minimum Gasteiger partial charge on any atom is -0.358 e. The summed E-state index contributed by atoms with van der Waals surface area (Å²) in [4.78, 5) is 0. The van der Waals surface area contributed by atoms with Crippen LogP contribution in [-0.2, 0) is 13.1 Å². The maximum atomic E-state index is 5.31. The van der Waals surface area contributed by atoms with Crippen molar-refractivity contribution in [3.05, 3.63) is 71.8 Å². The quantitative estimate of drug-likeness (QED) is 0.657. The SMILES string of the molecule is Cl.S=C(NCc1ccccc1)N(S)Cc1ccccc1. The minimum absolute atomic E-state index is 0. The van der Waals surface area contributed by atoms with Gasteiger partial charge in [-0.2, -0.15) is 0 Å². The zero-order chi connectivity index (χ0) is 13.5. The van der Waals surface area contributed by atoms with Crippen molar-refractivity contribution < 1.29 is 0 Å². The van der Waals surface area contributed by atoms with Crippen molar-refractivity contribution in [3.63, 3.8) is 0 Å². The van der Waals surface area contributed by atoms with Gasteiger partial charge in [-0.05, 0) is 23.3 Å². The van der Waals surface area contributed by atoms with Gasteiger partial charge in [0.15, 0.2) is 5.11 Å². The highest BCUT2D eigenvalue weighted by molar-refractivity contribution is 7.84. The lowest BCUT2D eigenvalue weighted by atomic mass is 10.2. The lowest BCUT2D eigenvalue weighted by Gasteiger charge is -2.19. The molecule has 0 amide bonds. The maximum Gasteiger partial charge on any atom is 0.179 e. The molecule has 0 aliphatic heterocycles. The van der Waals surface area contributed by atoms with Gasteiger partial charge in [0.1, 0.15) is 0 Å². The van der Waals surface area contributed by atoms with Crippen LogP contribution in [0.2, 0.25) is 0 Å². The Morgan fingerprint density at radius 3 is 2.00 bits per heavy atom. The van der Waals surface area contributed by atoms with Gasteiger partial charge in [0.05, 0.1) is 6.54 Å². The first-order valence-electron chi connectivity index (χ1n) is 6.08. The normalized spacial score (nSPS) is 9.45. The molecule has 5 heteroatoms. The van der Waals surface area contributed by atoms with Gasteiger partial charge >= 0.3 is 0 Å². The van der Waals surface area contributed by atoms with Gasteiger partial charge in [-0.1, -0.05) is 73.5 Å². The molecule has 2 nitrogen and oxygen atoms in total. The van der Waals surface area contributed by atoms with Crippen LogP contribution in [0, 0.1) is 0 Å². The summed E-state index contributed by atoms with van der Waals surface area (Å²) in [5.41, 5.74) is 2.38. The molecule has 0 fully saturated rings. The van der Waals surface area contributed by atoms with Crippen molar-refractivity contribution >= 4 is 42.6 Å². The van der Waals surface area contributed by atoms with Crippen LogP contribution in [0.5, 0.6) is 0 Å². The number of hydrogen-bond acceptors (Lipinski definition) is 2. The second kappa shape index (κ2) is 8.84. The highest BCUT2D eigenvalue weighted by Gasteiger charge is 2.05. The van der Waals surface area contributed by atoms with Gasteiger partial charge in [-0.3, -0.25) is 4.31 Å². The van der Waals surface area contributed by atoms with E-state index in [4.69, 9.17) is 12.2 Å². The summed E-state index contributed by atoms with van der Waals surface area (Å²) >= 11 is 9.73. The predicted octanol–water partition coefficient (Wildman–Crippen LogP) is 3.83. The number of nitrogens with one attached hydrogen (secondary N) is 1. The van der Waals surface area contributed by atoms with Crippen LogP contribution in [-0.4, -0.2) is 9.42 Å². The molecule has 0 saturated heterocycles. The molecule has 2 aromatic rings. The van der Waals surface area contributed by atoms with Crippen molar-refractivity contribution in [2.24, 2.45) is 0 Å². The average molecular weight is 325 g/mol. The van der Waals surface area contributed by atoms with E-state index in [-0.39, 0.29) is 12.4 Å². The van der Waals surface area contributed by atoms with Crippen molar-refractivity contribution in [2.75, 3.05) is 0 Å². The molecule has 0 aliphatic rings. The Hall–Kier alpha value is -1.23. The Kier molecular flexibility index (Phi) is 7.44. The molecule has 0 aromatic heterocycles. The Labute approximate surface area is 137 Å². The van der Waals surface area contributed by atoms with Crippen molar-refractivity contribution in [3.8, 4) is 0 Å². The molecule has 0 saturated carbocycles. The third-order valence-electron chi connectivity index (χ3n) is 2.70. The Morgan fingerprint density at radius 2 is 1.45 bits per heavy atom. The number of nitrogens with zero attached hydrogens (tertiary/aromatic N) is 1. The van der Waals surface area contributed by atoms with Crippen molar-refractivity contribution in [1.82, 2.24) is 9.62 Å². The molecule has 0 radical (unpaired) electrons. The monoisotopic (exact) mass is 324 g/mol. The largest absolute Gasteiger partial charge is 0.358 e. The van der Waals surface area contributed by atoms with E-state index in [0.29, 0.717) is 18.2 Å². The molecule has 2 rings (SSSR count). The van der Waals surface area contributed by atoms with Crippen LogP contribution in [0.25, 0.3) is 0 Å². The molecule has 2 aromatic carbocycles. The molecule has 0 heterocycles. The number of thiol groups is 1. The van der Waals surface area contributed by atoms with Crippen molar-refractivity contribution in [1.29, 1.82) is 0 Å². The summed E-state index contributed by atoms with van der Waals surface area (Å²) in [6.07, 6.45) is 0. The molecule has 0 unspecified atom stereocenters. The summed E-state index contributed by atoms with van der Waals surface area (Å²) in [5, 5.41) is 3.84. The number of rotatable bonds is 4. The summed E-state index contributed by atoms with van der Waals surface area (Å²) < 4.78 is 1.74. The van der Waals surface area contributed by atoms with E-state index < -0.39 is 0 Å². The fourth-order valence-corrected chi connectivity index (χ4v) is 2.06. The molecule has 0 aliphatic carbocycles. The van der Waals surface area contributed by atoms with E-state index in [0.717, 1.165) is 0 Å². The summed E-state index contributed by atoms with van der Waals surface area (Å²) in [6.45, 7) is 1.40. The topological polar surface area (TPSA) is 15.3 Å². The fourth-order valence-electron chi connectivity index (χ4n) is 1.69. The first kappa shape index (κ1) is 16.8. The van der Waals surface area contributed by atoms with E-state index in [9.17, 15) is 0 Å². The van der Waals surface area contributed by atoms with Crippen LogP contribution in [0.3, 0.4) is 0 Å². The second-order valence-corrected chi connectivity index (χ2v) is 5.06. The second-order valence-electron chi connectivity index (χ2n) is 4.19. The molecular formula is C15H17ClN2S2. The number of thiocarbonyl (C=S) groups is 1. The van der Waals surface area contributed by atoms with E-state index in [1.165, 1.54) is 11.1 Å². The minimum atomic E-state index is 0. The van der Waals surface area contributed by atoms with E-state index in [1.807, 2.05) is 36.4 Å². The Bertz CT molecular complexity index is 520. The number of hydrogen-bond donors (Lipinski definition) is 2. The van der Waals surface area contributed by atoms with Crippen LogP contribution in [0.4, 0.5) is 0 Å². The summed E-state index contributed by atoms with van der Waals surface area (Å²) in [5.74, 6) is 0. The molecule has 1 N–H and O–H groups in total. The maximum absolute atomic E-state index is 5.31. The summed E-state index contributed by atoms with van der Waals surface area (Å²) in [7, 11) is 0. The van der Waals surface area contributed by atoms with Gasteiger partial charge in [0.25, 0.3) is 0 Å². The van der Waals surface area contributed by atoms with Gasteiger partial charge in [-0.15, -0.1) is 12.4 Å². The van der Waals surface area contributed by atoms with Crippen LogP contribution < -0.4 is 5.32 Å². The van der Waals surface area contributed by atoms with Gasteiger partial charge in [0.2, 0.25) is 0 Å². The number of benzene rings is 2. The molecular weight excluding hydrogens is 308 g/mol. The zero-order valence-electron chi connectivity index (χ0n) is 10.9. The van der Waals surface area contributed by atoms with E-state index >= 15 is 0 Å². The summed E-state index contributed by atoms with van der Waals surface area (Å²) in [6, 6.07) is 20.3. The highest BCUT2D eigenvalue weighted by Crippen LogP contribution is 2.07. The van der Waals surface area contributed by atoms with Crippen molar-refractivity contribution in [2.45, 2.75) is 13.1 Å². The van der Waals surface area contributed by atoms with Gasteiger partial charge < -0.3 is 5.32 Å². The standard InChI is InChI=1S/C15H16N2S2.ClH/c18-15(16-11-13-7-3-1-4-8-13)17(19)12-14-9-5-2-6-10-14;/h1-10,19H,11-12H2,(H,16,18);1H. The average Bonchev–Trinajstić information content (AvgIpc) is 2.47. The fraction of sp³-hybridized carbons (Fsp3) is 0.133. The van der Waals surface area contributed by atoms with E-state index in [1.54, 1.807) is 4.31 Å². The van der Waals surface area contributed by atoms with Crippen LogP contribution in [0.15, 0.2) is 60.7 Å². The molecule has 0 bridgehead atoms. The lowest BCUT2D eigenvalue weighted by Crippen LogP contribution is -2.32. The third-order valence-corrected chi connectivity index (χ3v) is 3.54. The van der Waals surface area contributed by atoms with Gasteiger partial charge in [0, 0.05) is 6.54 Å². The number of halogens is 1. The molecule has 0 spiro atoms. The lowest BCUT2D eigenvalue weighted by molar-refractivity contribution is 0.653. The zero-order valence-corrected chi connectivity index (χ0v) is 13.4. The van der Waals surface area contributed by atoms with Crippen LogP contribution in [0.1, 0.15) is 11.1 Å². The first-order chi connectivity index (χ1) is 9.25. The van der Waals surface area contributed by atoms with E-state index in [2.05, 4.69) is 42.4 Å². The smallest absolute Gasteiger partial charge is 0.179 e. The van der Waals surface area contributed by atoms with Gasteiger partial charge in [-0.25, -0.2) is 0 Å². The van der Waals surface area contributed by atoms with Crippen LogP contribution >= 0.6 is 37.4 Å². The third kappa shape index (κ3) is 5.41. The highest BCUT2D eigenvalue weighted by atomic mass is 35.5. The Morgan fingerprint density at radius 1 is 0.950 bits per heavy atom. The predicted molar refractivity (Wildman–Crippen MR) is 94.1 cm³/mol.